The lowest BCUT2D eigenvalue weighted by molar-refractivity contribution is 0.466. The molecule has 1 nitrogen and oxygen atoms in total. The van der Waals surface area contributed by atoms with E-state index in [9.17, 15) is 0 Å². The Morgan fingerprint density at radius 3 is 1.57 bits per heavy atom. The number of benzene rings is 9. The summed E-state index contributed by atoms with van der Waals surface area (Å²) >= 11 is 1.96. The number of hydrogen-bond acceptors (Lipinski definition) is 2. The number of fused-ring (bicyclic) bond motifs is 13. The van der Waals surface area contributed by atoms with Crippen LogP contribution in [-0.2, 0) is 5.41 Å². The molecule has 0 radical (unpaired) electrons. The van der Waals surface area contributed by atoms with Crippen molar-refractivity contribution in [1.29, 1.82) is 0 Å². The highest BCUT2D eigenvalue weighted by molar-refractivity contribution is 7.27. The van der Waals surface area contributed by atoms with Gasteiger partial charge in [0, 0.05) is 54.6 Å². The number of thiophene rings is 1. The average Bonchev–Trinajstić information content (AvgIpc) is 3.99. The minimum atomic E-state index is -0.335. The second-order valence-electron chi connectivity index (χ2n) is 17.1. The average molecular weight is 820 g/mol. The van der Waals surface area contributed by atoms with E-state index in [0.717, 1.165) is 17.1 Å². The predicted molar refractivity (Wildman–Crippen MR) is 267 cm³/mol. The Bertz CT molecular complexity index is 3390. The molecular weight excluding hydrogens is 779 g/mol. The van der Waals surface area contributed by atoms with Crippen molar-refractivity contribution < 1.29 is 0 Å². The molecule has 3 aliphatic carbocycles. The third-order valence-electron chi connectivity index (χ3n) is 14.0. The molecule has 13 rings (SSSR count). The van der Waals surface area contributed by atoms with E-state index in [4.69, 9.17) is 0 Å². The molecule has 0 N–H and O–H groups in total. The summed E-state index contributed by atoms with van der Waals surface area (Å²) in [6, 6.07) is 78.7. The number of anilines is 3. The summed E-state index contributed by atoms with van der Waals surface area (Å²) in [6.07, 6.45) is 9.58. The van der Waals surface area contributed by atoms with Gasteiger partial charge in [0.25, 0.3) is 0 Å². The standard InChI is InChI=1S/C61H41NS/c1-4-17-40(18-5-1)41-31-35-45(36-32-41)62(44-21-8-3-9-22-44)46-37-33-43(34-38-46)57-58-51-25-12-15-30-55(51)61(53-28-13-10-23-48(53)49-24-11-14-29-54(49)61)56(58)39-52-50-27-16-26-47(59(50)63-60(52)57)42-19-6-2-7-20-42/h1-39,51,55H. The van der Waals surface area contributed by atoms with Crippen LogP contribution in [0, 0.1) is 5.92 Å². The molecule has 10 aromatic rings. The minimum absolute atomic E-state index is 0.200. The number of hydrogen-bond donors (Lipinski definition) is 0. The highest BCUT2D eigenvalue weighted by atomic mass is 32.1. The first-order valence-electron chi connectivity index (χ1n) is 22.0. The maximum atomic E-state index is 2.62. The van der Waals surface area contributed by atoms with Crippen LogP contribution in [0.25, 0.3) is 64.7 Å². The van der Waals surface area contributed by atoms with E-state index >= 15 is 0 Å². The lowest BCUT2D eigenvalue weighted by atomic mass is 9.65. The van der Waals surface area contributed by atoms with Gasteiger partial charge in [-0.3, -0.25) is 0 Å². The third kappa shape index (κ3) is 5.35. The molecule has 1 spiro atoms. The Labute approximate surface area is 372 Å². The molecule has 296 valence electrons. The van der Waals surface area contributed by atoms with Crippen LogP contribution in [0.4, 0.5) is 17.1 Å². The SMILES string of the molecule is C1=CC2c3c(cc4c(sc5c(-c6ccccc6)cccc54)c3-c3ccc(N(c4ccccc4)c4ccc(-c5ccccc5)cc4)cc3)C3(c4ccccc4-c4ccccc43)C2C=C1. The minimum Gasteiger partial charge on any atom is -0.311 e. The topological polar surface area (TPSA) is 3.24 Å². The van der Waals surface area contributed by atoms with E-state index in [1.807, 2.05) is 11.3 Å². The summed E-state index contributed by atoms with van der Waals surface area (Å²) in [5.74, 6) is 0.432. The van der Waals surface area contributed by atoms with Crippen molar-refractivity contribution in [1.82, 2.24) is 0 Å². The fourth-order valence-electron chi connectivity index (χ4n) is 11.4. The fraction of sp³-hybridized carbons (Fsp3) is 0.0492. The fourth-order valence-corrected chi connectivity index (χ4v) is 12.8. The molecule has 2 heteroatoms. The number of para-hydroxylation sites is 1. The van der Waals surface area contributed by atoms with Crippen LogP contribution in [0.15, 0.2) is 237 Å². The largest absolute Gasteiger partial charge is 0.311 e. The van der Waals surface area contributed by atoms with E-state index in [1.54, 1.807) is 0 Å². The van der Waals surface area contributed by atoms with Crippen molar-refractivity contribution in [2.24, 2.45) is 5.92 Å². The zero-order valence-corrected chi connectivity index (χ0v) is 35.3. The molecule has 1 aromatic heterocycles. The molecule has 2 unspecified atom stereocenters. The molecule has 0 aliphatic heterocycles. The van der Waals surface area contributed by atoms with E-state index in [-0.39, 0.29) is 17.3 Å². The molecule has 3 aliphatic rings. The van der Waals surface area contributed by atoms with Gasteiger partial charge in [-0.15, -0.1) is 11.3 Å². The van der Waals surface area contributed by atoms with Gasteiger partial charge in [0.2, 0.25) is 0 Å². The van der Waals surface area contributed by atoms with Crippen molar-refractivity contribution >= 4 is 48.6 Å². The third-order valence-corrected chi connectivity index (χ3v) is 15.2. The van der Waals surface area contributed by atoms with Gasteiger partial charge in [0.05, 0.1) is 5.41 Å². The quantitative estimate of drug-likeness (QED) is 0.162. The molecule has 0 bridgehead atoms. The normalized spacial score (nSPS) is 16.3. The number of allylic oxidation sites excluding steroid dienone is 4. The number of rotatable bonds is 6. The molecule has 0 saturated heterocycles. The summed E-state index contributed by atoms with van der Waals surface area (Å²) in [4.78, 5) is 2.38. The molecule has 0 amide bonds. The van der Waals surface area contributed by atoms with Gasteiger partial charge < -0.3 is 4.90 Å². The molecule has 0 saturated carbocycles. The van der Waals surface area contributed by atoms with Gasteiger partial charge in [-0.1, -0.05) is 194 Å². The van der Waals surface area contributed by atoms with E-state index in [0.29, 0.717) is 0 Å². The summed E-state index contributed by atoms with van der Waals surface area (Å²) in [6.45, 7) is 0. The van der Waals surface area contributed by atoms with E-state index in [2.05, 4.69) is 242 Å². The van der Waals surface area contributed by atoms with E-state index in [1.165, 1.54) is 86.9 Å². The Hall–Kier alpha value is -7.52. The van der Waals surface area contributed by atoms with Crippen molar-refractivity contribution in [2.45, 2.75) is 11.3 Å². The highest BCUT2D eigenvalue weighted by Gasteiger charge is 2.58. The molecule has 1 heterocycles. The molecule has 9 aromatic carbocycles. The lowest BCUT2D eigenvalue weighted by Gasteiger charge is -2.36. The number of nitrogens with zero attached hydrogens (tertiary/aromatic N) is 1. The Morgan fingerprint density at radius 2 is 0.905 bits per heavy atom. The lowest BCUT2D eigenvalue weighted by Crippen LogP contribution is -2.32. The van der Waals surface area contributed by atoms with Crippen molar-refractivity contribution in [3.63, 3.8) is 0 Å². The zero-order valence-electron chi connectivity index (χ0n) is 34.5. The van der Waals surface area contributed by atoms with Crippen LogP contribution in [0.2, 0.25) is 0 Å². The zero-order chi connectivity index (χ0) is 41.5. The molecular formula is C61H41NS. The monoisotopic (exact) mass is 819 g/mol. The maximum absolute atomic E-state index is 2.62. The maximum Gasteiger partial charge on any atom is 0.0538 e. The summed E-state index contributed by atoms with van der Waals surface area (Å²) in [7, 11) is 0. The second kappa shape index (κ2) is 14.3. The summed E-state index contributed by atoms with van der Waals surface area (Å²) < 4.78 is 2.70. The first-order chi connectivity index (χ1) is 31.3. The second-order valence-corrected chi connectivity index (χ2v) is 18.1. The summed E-state index contributed by atoms with van der Waals surface area (Å²) in [5, 5.41) is 2.66. The highest BCUT2D eigenvalue weighted by Crippen LogP contribution is 2.67. The van der Waals surface area contributed by atoms with Crippen molar-refractivity contribution in [3.05, 3.63) is 259 Å². The Balaban J connectivity index is 1.06. The molecule has 2 atom stereocenters. The van der Waals surface area contributed by atoms with Crippen LogP contribution >= 0.6 is 11.3 Å². The van der Waals surface area contributed by atoms with E-state index < -0.39 is 0 Å². The van der Waals surface area contributed by atoms with Gasteiger partial charge in [0.1, 0.15) is 0 Å². The molecule has 0 fully saturated rings. The predicted octanol–water partition coefficient (Wildman–Crippen LogP) is 16.7. The van der Waals surface area contributed by atoms with Gasteiger partial charge in [0.15, 0.2) is 0 Å². The van der Waals surface area contributed by atoms with Gasteiger partial charge in [-0.25, -0.2) is 0 Å². The van der Waals surface area contributed by atoms with Crippen LogP contribution in [0.3, 0.4) is 0 Å². The van der Waals surface area contributed by atoms with Crippen LogP contribution in [0.5, 0.6) is 0 Å². The van der Waals surface area contributed by atoms with Crippen LogP contribution in [-0.4, -0.2) is 0 Å². The smallest absolute Gasteiger partial charge is 0.0538 e. The van der Waals surface area contributed by atoms with Crippen molar-refractivity contribution in [3.8, 4) is 44.5 Å². The van der Waals surface area contributed by atoms with Gasteiger partial charge >= 0.3 is 0 Å². The Morgan fingerprint density at radius 1 is 0.381 bits per heavy atom. The molecule has 63 heavy (non-hydrogen) atoms. The first-order valence-corrected chi connectivity index (χ1v) is 22.8. The van der Waals surface area contributed by atoms with Crippen LogP contribution in [0.1, 0.15) is 28.2 Å². The summed E-state index contributed by atoms with van der Waals surface area (Å²) in [5.41, 5.74) is 19.1. The van der Waals surface area contributed by atoms with Gasteiger partial charge in [-0.05, 0) is 104 Å². The van der Waals surface area contributed by atoms with Crippen molar-refractivity contribution in [2.75, 3.05) is 4.90 Å². The Kier molecular flexibility index (Phi) is 8.19. The van der Waals surface area contributed by atoms with Gasteiger partial charge in [-0.2, -0.15) is 0 Å². The first kappa shape index (κ1) is 36.2. The van der Waals surface area contributed by atoms with Crippen LogP contribution < -0.4 is 4.90 Å².